The molecule has 0 heterocycles. The van der Waals surface area contributed by atoms with Gasteiger partial charge in [-0.25, -0.2) is 0 Å². The number of benzene rings is 1. The van der Waals surface area contributed by atoms with E-state index in [9.17, 15) is 4.79 Å². The van der Waals surface area contributed by atoms with Crippen molar-refractivity contribution in [1.82, 2.24) is 5.32 Å². The summed E-state index contributed by atoms with van der Waals surface area (Å²) in [4.78, 5) is 12.3. The molecule has 1 aliphatic rings. The molecule has 3 N–H and O–H groups in total. The van der Waals surface area contributed by atoms with E-state index in [0.29, 0.717) is 12.5 Å². The molecule has 0 aromatic heterocycles. The van der Waals surface area contributed by atoms with Crippen LogP contribution < -0.4 is 11.1 Å². The van der Waals surface area contributed by atoms with Crippen LogP contribution in [0.5, 0.6) is 0 Å². The van der Waals surface area contributed by atoms with Crippen LogP contribution in [0.15, 0.2) is 24.3 Å². The van der Waals surface area contributed by atoms with Crippen LogP contribution in [-0.2, 0) is 11.2 Å². The van der Waals surface area contributed by atoms with Crippen LogP contribution >= 0.6 is 0 Å². The minimum absolute atomic E-state index is 0.00539. The van der Waals surface area contributed by atoms with Gasteiger partial charge in [-0.2, -0.15) is 0 Å². The summed E-state index contributed by atoms with van der Waals surface area (Å²) in [6.07, 6.45) is 0.848. The van der Waals surface area contributed by atoms with Crippen molar-refractivity contribution < 1.29 is 4.79 Å². The lowest BCUT2D eigenvalue weighted by Crippen LogP contribution is -2.56. The number of fused-ring (bicyclic) bond motifs is 1. The first-order valence-electron chi connectivity index (χ1n) is 6.58. The third-order valence-electron chi connectivity index (χ3n) is 4.28. The Kier molecular flexibility index (Phi) is 3.44. The van der Waals surface area contributed by atoms with E-state index in [-0.39, 0.29) is 17.4 Å². The highest BCUT2D eigenvalue weighted by Crippen LogP contribution is 2.35. The maximum Gasteiger partial charge on any atom is 0.228 e. The second kappa shape index (κ2) is 4.73. The molecule has 0 fully saturated rings. The molecule has 2 atom stereocenters. The van der Waals surface area contributed by atoms with E-state index in [1.54, 1.807) is 0 Å². The number of hydrogen-bond acceptors (Lipinski definition) is 2. The number of rotatable bonds is 4. The molecule has 1 amide bonds. The quantitative estimate of drug-likeness (QED) is 0.851. The number of hydrogen-bond donors (Lipinski definition) is 2. The van der Waals surface area contributed by atoms with Gasteiger partial charge in [-0.15, -0.1) is 0 Å². The summed E-state index contributed by atoms with van der Waals surface area (Å²) in [6, 6.07) is 8.13. The van der Waals surface area contributed by atoms with Crippen molar-refractivity contribution in [2.75, 3.05) is 6.54 Å². The van der Waals surface area contributed by atoms with Crippen molar-refractivity contribution >= 4 is 5.91 Å². The molecule has 2 unspecified atom stereocenters. The summed E-state index contributed by atoms with van der Waals surface area (Å²) in [7, 11) is 0. The van der Waals surface area contributed by atoms with Gasteiger partial charge >= 0.3 is 0 Å². The second-order valence-electron chi connectivity index (χ2n) is 5.72. The van der Waals surface area contributed by atoms with Crippen molar-refractivity contribution in [3.63, 3.8) is 0 Å². The average Bonchev–Trinajstić information content (AvgIpc) is 2.30. The normalized spacial score (nSPS) is 20.8. The minimum atomic E-state index is -0.318. The van der Waals surface area contributed by atoms with Crippen LogP contribution in [0.4, 0.5) is 0 Å². The number of carbonyl (C=O) groups is 1. The van der Waals surface area contributed by atoms with Crippen LogP contribution in [0.3, 0.4) is 0 Å². The summed E-state index contributed by atoms with van der Waals surface area (Å²) < 4.78 is 0. The second-order valence-corrected chi connectivity index (χ2v) is 5.72. The summed E-state index contributed by atoms with van der Waals surface area (Å²) >= 11 is 0. The standard InChI is InChI=1S/C15H22N2O/c1-10(2)15(3,9-16)17-14(18)13-8-11-6-4-5-7-12(11)13/h4-7,10,13H,8-9,16H2,1-3H3,(H,17,18). The molecule has 0 spiro atoms. The predicted molar refractivity (Wildman–Crippen MR) is 73.3 cm³/mol. The number of nitrogens with two attached hydrogens (primary N) is 1. The van der Waals surface area contributed by atoms with Gasteiger partial charge in [0, 0.05) is 6.54 Å². The van der Waals surface area contributed by atoms with Crippen molar-refractivity contribution in [3.05, 3.63) is 35.4 Å². The SMILES string of the molecule is CC(C)C(C)(CN)NC(=O)C1Cc2ccccc21. The monoisotopic (exact) mass is 246 g/mol. The Morgan fingerprint density at radius 3 is 2.72 bits per heavy atom. The Morgan fingerprint density at radius 2 is 2.17 bits per heavy atom. The third kappa shape index (κ3) is 2.15. The Bertz CT molecular complexity index is 456. The van der Waals surface area contributed by atoms with Crippen molar-refractivity contribution in [2.24, 2.45) is 11.7 Å². The van der Waals surface area contributed by atoms with Gasteiger partial charge in [-0.1, -0.05) is 38.1 Å². The van der Waals surface area contributed by atoms with E-state index in [1.165, 1.54) is 5.56 Å². The molecule has 98 valence electrons. The largest absolute Gasteiger partial charge is 0.349 e. The summed E-state index contributed by atoms with van der Waals surface area (Å²) in [5.41, 5.74) is 7.93. The third-order valence-corrected chi connectivity index (χ3v) is 4.28. The summed E-state index contributed by atoms with van der Waals surface area (Å²) in [6.45, 7) is 6.65. The van der Waals surface area contributed by atoms with Gasteiger partial charge in [0.25, 0.3) is 0 Å². The van der Waals surface area contributed by atoms with Crippen molar-refractivity contribution in [3.8, 4) is 0 Å². The lowest BCUT2D eigenvalue weighted by molar-refractivity contribution is -0.125. The molecule has 1 aliphatic carbocycles. The Morgan fingerprint density at radius 1 is 1.50 bits per heavy atom. The molecule has 18 heavy (non-hydrogen) atoms. The maximum absolute atomic E-state index is 12.3. The predicted octanol–water partition coefficient (Wildman–Crippen LogP) is 1.82. The molecule has 0 saturated heterocycles. The molecule has 0 saturated carbocycles. The molecule has 2 rings (SSSR count). The molecule has 0 aliphatic heterocycles. The van der Waals surface area contributed by atoms with Crippen molar-refractivity contribution in [1.29, 1.82) is 0 Å². The molecular weight excluding hydrogens is 224 g/mol. The zero-order valence-corrected chi connectivity index (χ0v) is 11.4. The van der Waals surface area contributed by atoms with E-state index >= 15 is 0 Å². The lowest BCUT2D eigenvalue weighted by atomic mass is 9.76. The highest BCUT2D eigenvalue weighted by atomic mass is 16.2. The first kappa shape index (κ1) is 13.1. The highest BCUT2D eigenvalue weighted by Gasteiger charge is 2.36. The Labute approximate surface area is 109 Å². The molecule has 0 radical (unpaired) electrons. The lowest BCUT2D eigenvalue weighted by Gasteiger charge is -2.37. The number of nitrogens with one attached hydrogen (secondary N) is 1. The minimum Gasteiger partial charge on any atom is -0.349 e. The van der Waals surface area contributed by atoms with Crippen LogP contribution in [0, 0.1) is 5.92 Å². The molecule has 1 aromatic carbocycles. The van der Waals surface area contributed by atoms with Gasteiger partial charge in [0.2, 0.25) is 5.91 Å². The van der Waals surface area contributed by atoms with Gasteiger partial charge in [-0.3, -0.25) is 4.79 Å². The van der Waals surface area contributed by atoms with E-state index < -0.39 is 0 Å². The first-order chi connectivity index (χ1) is 8.48. The van der Waals surface area contributed by atoms with Crippen LogP contribution in [0.25, 0.3) is 0 Å². The smallest absolute Gasteiger partial charge is 0.228 e. The Hall–Kier alpha value is -1.35. The zero-order valence-electron chi connectivity index (χ0n) is 11.4. The molecule has 0 bridgehead atoms. The molecular formula is C15H22N2O. The maximum atomic E-state index is 12.3. The van der Waals surface area contributed by atoms with E-state index in [0.717, 1.165) is 12.0 Å². The van der Waals surface area contributed by atoms with E-state index in [4.69, 9.17) is 5.73 Å². The van der Waals surface area contributed by atoms with Crippen LogP contribution in [0.2, 0.25) is 0 Å². The number of carbonyl (C=O) groups excluding carboxylic acids is 1. The fraction of sp³-hybridized carbons (Fsp3) is 0.533. The van der Waals surface area contributed by atoms with E-state index in [2.05, 4.69) is 25.2 Å². The fourth-order valence-corrected chi connectivity index (χ4v) is 2.29. The Balaban J connectivity index is 2.07. The van der Waals surface area contributed by atoms with Gasteiger partial charge < -0.3 is 11.1 Å². The molecule has 3 nitrogen and oxygen atoms in total. The molecule has 1 aromatic rings. The van der Waals surface area contributed by atoms with Gasteiger partial charge in [0.1, 0.15) is 0 Å². The fourth-order valence-electron chi connectivity index (χ4n) is 2.29. The average molecular weight is 246 g/mol. The van der Waals surface area contributed by atoms with Crippen LogP contribution in [0.1, 0.15) is 37.8 Å². The first-order valence-corrected chi connectivity index (χ1v) is 6.58. The zero-order chi connectivity index (χ0) is 13.3. The highest BCUT2D eigenvalue weighted by molar-refractivity contribution is 5.87. The number of amides is 1. The summed E-state index contributed by atoms with van der Waals surface area (Å²) in [5.74, 6) is 0.433. The molecule has 3 heteroatoms. The van der Waals surface area contributed by atoms with Gasteiger partial charge in [0.15, 0.2) is 0 Å². The van der Waals surface area contributed by atoms with E-state index in [1.807, 2.05) is 25.1 Å². The van der Waals surface area contributed by atoms with Crippen LogP contribution in [-0.4, -0.2) is 18.0 Å². The van der Waals surface area contributed by atoms with Crippen molar-refractivity contribution in [2.45, 2.75) is 38.6 Å². The van der Waals surface area contributed by atoms with Gasteiger partial charge in [-0.05, 0) is 30.4 Å². The summed E-state index contributed by atoms with van der Waals surface area (Å²) in [5, 5.41) is 3.12. The topological polar surface area (TPSA) is 55.1 Å². The van der Waals surface area contributed by atoms with Gasteiger partial charge in [0.05, 0.1) is 11.5 Å².